The molecule has 0 spiro atoms. The second-order valence-electron chi connectivity index (χ2n) is 5.43. The van der Waals surface area contributed by atoms with Crippen LogP contribution in [-0.2, 0) is 28.2 Å². The van der Waals surface area contributed by atoms with Gasteiger partial charge in [0.1, 0.15) is 0 Å². The van der Waals surface area contributed by atoms with Crippen molar-refractivity contribution in [1.29, 1.82) is 0 Å². The Morgan fingerprint density at radius 1 is 1.27 bits per heavy atom. The molecule has 3 rings (SSSR count). The van der Waals surface area contributed by atoms with Gasteiger partial charge in [-0.1, -0.05) is 30.8 Å². The van der Waals surface area contributed by atoms with Crippen molar-refractivity contribution >= 4 is 28.6 Å². The summed E-state index contributed by atoms with van der Waals surface area (Å²) in [6, 6.07) is 7.12. The first kappa shape index (κ1) is 18.1. The molecule has 0 aliphatic heterocycles. The van der Waals surface area contributed by atoms with E-state index in [4.69, 9.17) is 4.42 Å². The van der Waals surface area contributed by atoms with E-state index in [2.05, 4.69) is 19.9 Å². The Bertz CT molecular complexity index is 982. The van der Waals surface area contributed by atoms with Gasteiger partial charge in [-0.25, -0.2) is 4.98 Å². The van der Waals surface area contributed by atoms with Crippen LogP contribution in [0.4, 0.5) is 0 Å². The number of nitrogens with zero attached hydrogens (tertiary/aromatic N) is 4. The van der Waals surface area contributed by atoms with Gasteiger partial charge < -0.3 is 9.15 Å². The van der Waals surface area contributed by atoms with Crippen molar-refractivity contribution in [3.05, 3.63) is 46.4 Å². The zero-order chi connectivity index (χ0) is 18.5. The number of carbonyl (C=O) groups excluding carboxylic acids is 1. The predicted molar refractivity (Wildman–Crippen MR) is 95.9 cm³/mol. The maximum atomic E-state index is 12.8. The normalized spacial score (nSPS) is 11.0. The highest BCUT2D eigenvalue weighted by Crippen LogP contribution is 2.22. The second kappa shape index (κ2) is 8.13. The van der Waals surface area contributed by atoms with Crippen LogP contribution in [0.3, 0.4) is 0 Å². The molecule has 0 unspecified atom stereocenters. The highest BCUT2D eigenvalue weighted by Gasteiger charge is 2.14. The van der Waals surface area contributed by atoms with Crippen molar-refractivity contribution in [3.63, 3.8) is 0 Å². The molecule has 0 aliphatic rings. The minimum Gasteiger partial charge on any atom is -0.469 e. The van der Waals surface area contributed by atoms with Crippen LogP contribution in [0.15, 0.2) is 38.6 Å². The number of para-hydroxylation sites is 1. The van der Waals surface area contributed by atoms with E-state index in [1.54, 1.807) is 18.2 Å². The maximum Gasteiger partial charge on any atom is 0.307 e. The second-order valence-corrected chi connectivity index (χ2v) is 6.37. The van der Waals surface area contributed by atoms with Crippen LogP contribution in [0.2, 0.25) is 0 Å². The van der Waals surface area contributed by atoms with E-state index in [-0.39, 0.29) is 24.5 Å². The first-order valence-electron chi connectivity index (χ1n) is 8.12. The summed E-state index contributed by atoms with van der Waals surface area (Å²) in [5, 5.41) is 8.91. The maximum absolute atomic E-state index is 12.8. The van der Waals surface area contributed by atoms with Crippen molar-refractivity contribution in [2.24, 2.45) is 0 Å². The van der Waals surface area contributed by atoms with Crippen molar-refractivity contribution < 1.29 is 13.9 Å². The molecular formula is C17H18N4O4S. The van der Waals surface area contributed by atoms with Gasteiger partial charge in [0.25, 0.3) is 5.56 Å². The fourth-order valence-electron chi connectivity index (χ4n) is 2.38. The third kappa shape index (κ3) is 3.93. The summed E-state index contributed by atoms with van der Waals surface area (Å²) in [4.78, 5) is 28.9. The van der Waals surface area contributed by atoms with Crippen molar-refractivity contribution in [3.8, 4) is 0 Å². The zero-order valence-corrected chi connectivity index (χ0v) is 15.3. The molecule has 0 amide bonds. The number of rotatable bonds is 7. The van der Waals surface area contributed by atoms with E-state index in [0.29, 0.717) is 40.0 Å². The summed E-state index contributed by atoms with van der Waals surface area (Å²) < 4.78 is 11.7. The van der Waals surface area contributed by atoms with Gasteiger partial charge in [-0.2, -0.15) is 0 Å². The average molecular weight is 374 g/mol. The van der Waals surface area contributed by atoms with Gasteiger partial charge in [0, 0.05) is 13.0 Å². The average Bonchev–Trinajstić information content (AvgIpc) is 3.13. The van der Waals surface area contributed by atoms with Gasteiger partial charge in [0.05, 0.1) is 30.2 Å². The third-order valence-corrected chi connectivity index (χ3v) is 4.69. The molecule has 2 heterocycles. The molecule has 0 bridgehead atoms. The van der Waals surface area contributed by atoms with Crippen LogP contribution in [-0.4, -0.2) is 32.8 Å². The van der Waals surface area contributed by atoms with Crippen LogP contribution in [0.25, 0.3) is 10.9 Å². The Kier molecular flexibility index (Phi) is 5.67. The summed E-state index contributed by atoms with van der Waals surface area (Å²) in [7, 11) is 1.32. The van der Waals surface area contributed by atoms with Crippen LogP contribution >= 0.6 is 11.8 Å². The molecule has 0 atom stereocenters. The highest BCUT2D eigenvalue weighted by atomic mass is 32.2. The fourth-order valence-corrected chi connectivity index (χ4v) is 3.24. The highest BCUT2D eigenvalue weighted by molar-refractivity contribution is 7.98. The number of carbonyl (C=O) groups is 1. The molecule has 0 radical (unpaired) electrons. The number of benzene rings is 1. The molecule has 8 nitrogen and oxygen atoms in total. The largest absolute Gasteiger partial charge is 0.469 e. The topological polar surface area (TPSA) is 100 Å². The molecule has 3 aromatic rings. The molecule has 0 N–H and O–H groups in total. The number of hydrogen-bond donors (Lipinski definition) is 0. The Hall–Kier alpha value is -2.68. The number of hydrogen-bond acceptors (Lipinski definition) is 8. The fraction of sp³-hybridized carbons (Fsp3) is 0.353. The molecule has 0 aliphatic carbocycles. The van der Waals surface area contributed by atoms with Gasteiger partial charge in [0.2, 0.25) is 11.8 Å². The molecule has 0 saturated heterocycles. The molecule has 0 saturated carbocycles. The Morgan fingerprint density at radius 2 is 2.04 bits per heavy atom. The lowest BCUT2D eigenvalue weighted by atomic mass is 10.2. The lowest BCUT2D eigenvalue weighted by Gasteiger charge is -2.12. The molecule has 0 fully saturated rings. The van der Waals surface area contributed by atoms with E-state index >= 15 is 0 Å². The van der Waals surface area contributed by atoms with Gasteiger partial charge in [-0.15, -0.1) is 10.2 Å². The Morgan fingerprint density at radius 3 is 2.77 bits per heavy atom. The summed E-state index contributed by atoms with van der Waals surface area (Å²) in [5.41, 5.74) is 0.413. The van der Waals surface area contributed by atoms with Crippen molar-refractivity contribution in [2.45, 2.75) is 37.2 Å². The van der Waals surface area contributed by atoms with E-state index < -0.39 is 0 Å². The molecule has 1 aromatic carbocycles. The number of ether oxygens (including phenoxy) is 1. The van der Waals surface area contributed by atoms with Gasteiger partial charge in [-0.3, -0.25) is 14.2 Å². The van der Waals surface area contributed by atoms with Gasteiger partial charge >= 0.3 is 5.97 Å². The van der Waals surface area contributed by atoms with Gasteiger partial charge in [0.15, 0.2) is 5.16 Å². The lowest BCUT2D eigenvalue weighted by molar-refractivity contribution is -0.140. The zero-order valence-electron chi connectivity index (χ0n) is 14.5. The molecule has 136 valence electrons. The minimum atomic E-state index is -0.384. The SMILES string of the molecule is CCc1nnc(CSc2nc3ccccc3c(=O)n2CCC(=O)OC)o1. The quantitative estimate of drug-likeness (QED) is 0.352. The summed E-state index contributed by atoms with van der Waals surface area (Å²) >= 11 is 1.32. The number of aromatic nitrogens is 4. The minimum absolute atomic E-state index is 0.0878. The van der Waals surface area contributed by atoms with E-state index in [9.17, 15) is 9.59 Å². The number of methoxy groups -OCH3 is 1. The standard InChI is InChI=1S/C17H18N4O4S/c1-3-13-19-20-14(25-13)10-26-17-18-12-7-5-4-6-11(12)16(23)21(17)9-8-15(22)24-2/h4-7H,3,8-10H2,1-2H3. The summed E-state index contributed by atoms with van der Waals surface area (Å²) in [6.07, 6.45) is 0.750. The predicted octanol–water partition coefficient (Wildman–Crippen LogP) is 2.20. The van der Waals surface area contributed by atoms with Crippen LogP contribution in [0, 0.1) is 0 Å². The summed E-state index contributed by atoms with van der Waals surface area (Å²) in [6.45, 7) is 2.12. The summed E-state index contributed by atoms with van der Waals surface area (Å²) in [5.74, 6) is 1.03. The molecular weight excluding hydrogens is 356 g/mol. The van der Waals surface area contributed by atoms with Gasteiger partial charge in [-0.05, 0) is 12.1 Å². The van der Waals surface area contributed by atoms with E-state index in [0.717, 1.165) is 0 Å². The molecule has 9 heteroatoms. The Labute approximate surface area is 153 Å². The number of aryl methyl sites for hydroxylation is 1. The first-order chi connectivity index (χ1) is 12.6. The van der Waals surface area contributed by atoms with Crippen molar-refractivity contribution in [2.75, 3.05) is 7.11 Å². The van der Waals surface area contributed by atoms with Crippen molar-refractivity contribution in [1.82, 2.24) is 19.7 Å². The lowest BCUT2D eigenvalue weighted by Crippen LogP contribution is -2.24. The molecule has 26 heavy (non-hydrogen) atoms. The monoisotopic (exact) mass is 374 g/mol. The third-order valence-electron chi connectivity index (χ3n) is 3.73. The van der Waals surface area contributed by atoms with Crippen LogP contribution in [0.1, 0.15) is 25.1 Å². The number of thioether (sulfide) groups is 1. The molecule has 2 aromatic heterocycles. The van der Waals surface area contributed by atoms with E-state index in [1.165, 1.54) is 23.4 Å². The van der Waals surface area contributed by atoms with Crippen LogP contribution in [0.5, 0.6) is 0 Å². The Balaban J connectivity index is 1.92. The van der Waals surface area contributed by atoms with Crippen LogP contribution < -0.4 is 5.56 Å². The van der Waals surface area contributed by atoms with E-state index in [1.807, 2.05) is 13.0 Å². The first-order valence-corrected chi connectivity index (χ1v) is 9.11. The smallest absolute Gasteiger partial charge is 0.307 e. The number of fused-ring (bicyclic) bond motifs is 1. The number of esters is 1.